The fraction of sp³-hybridized carbons (Fsp3) is 0.175. The number of nitrogens with zero attached hydrogens (tertiary/aromatic N) is 5. The molecule has 0 bridgehead atoms. The van der Waals surface area contributed by atoms with Gasteiger partial charge in [0.1, 0.15) is 29.6 Å². The molecule has 5 heterocycles. The van der Waals surface area contributed by atoms with Gasteiger partial charge < -0.3 is 9.80 Å². The highest BCUT2D eigenvalue weighted by molar-refractivity contribution is 8.09. The minimum absolute atomic E-state index is 0.0213. The van der Waals surface area contributed by atoms with Gasteiger partial charge in [0.15, 0.2) is 0 Å². The molecule has 3 aromatic carbocycles. The maximum atomic E-state index is 13.1. The zero-order valence-electron chi connectivity index (χ0n) is 29.3. The van der Waals surface area contributed by atoms with Gasteiger partial charge in [-0.25, -0.2) is 4.39 Å². The Morgan fingerprint density at radius 1 is 0.692 bits per heavy atom. The van der Waals surface area contributed by atoms with Crippen LogP contribution in [0.25, 0.3) is 22.2 Å². The van der Waals surface area contributed by atoms with Gasteiger partial charge in [0, 0.05) is 43.2 Å². The van der Waals surface area contributed by atoms with Crippen LogP contribution in [-0.4, -0.2) is 28.2 Å². The third-order valence-electron chi connectivity index (χ3n) is 8.69. The van der Waals surface area contributed by atoms with Crippen LogP contribution in [0.2, 0.25) is 0 Å². The highest BCUT2D eigenvalue weighted by Crippen LogP contribution is 2.46. The van der Waals surface area contributed by atoms with Crippen LogP contribution in [0.1, 0.15) is 30.7 Å². The van der Waals surface area contributed by atoms with Crippen LogP contribution >= 0.6 is 46.2 Å². The summed E-state index contributed by atoms with van der Waals surface area (Å²) < 4.78 is 20.1. The molecule has 6 aromatic rings. The molecule has 0 radical (unpaired) electrons. The standard InChI is InChI=1S/C20H17FN2OS2.C20H19N3OS2/c1-3-23-17(12-13-8-10-14(21)11-9-13)26-18(19(23)24)20-22(2)15-6-4-5-7-16(15)25-20;1-4-23-17(12-14-7-5-6-10-21-14)26-18(19(23)24)20-22(3)15-9-8-13(2)11-16(15)25-20/h4-12H,3H2,1-2H3;5-12H,4H2,1-3H3/b2*17-12-,20-18+. The summed E-state index contributed by atoms with van der Waals surface area (Å²) in [5, 5.41) is 1.96. The fourth-order valence-corrected chi connectivity index (χ4v) is 11.0. The number of para-hydroxylation sites is 1. The summed E-state index contributed by atoms with van der Waals surface area (Å²) in [7, 11) is 4.02. The van der Waals surface area contributed by atoms with Crippen LogP contribution in [0.3, 0.4) is 0 Å². The fourth-order valence-electron chi connectivity index (χ4n) is 5.99. The van der Waals surface area contributed by atoms with Gasteiger partial charge in [-0.1, -0.05) is 59.9 Å². The van der Waals surface area contributed by atoms with E-state index in [0.717, 1.165) is 56.0 Å². The van der Waals surface area contributed by atoms with Gasteiger partial charge in [-0.2, -0.15) is 0 Å². The number of hydrogen-bond acceptors (Lipinski definition) is 9. The van der Waals surface area contributed by atoms with Crippen molar-refractivity contribution in [2.45, 2.75) is 43.7 Å². The molecule has 12 heteroatoms. The molecule has 0 N–H and O–H groups in total. The van der Waals surface area contributed by atoms with Crippen LogP contribution in [0, 0.1) is 12.7 Å². The van der Waals surface area contributed by atoms with Crippen molar-refractivity contribution in [2.75, 3.05) is 23.9 Å². The number of pyridine rings is 1. The predicted octanol–water partition coefficient (Wildman–Crippen LogP) is 5.98. The summed E-state index contributed by atoms with van der Waals surface area (Å²) >= 11 is 6.32. The number of benzene rings is 3. The first-order valence-electron chi connectivity index (χ1n) is 16.8. The molecule has 0 spiro atoms. The Labute approximate surface area is 317 Å². The van der Waals surface area contributed by atoms with E-state index < -0.39 is 0 Å². The normalized spacial score (nSPS) is 16.3. The SMILES string of the molecule is CCn1c(=O)/c(=C2\Sc3cc(C)ccc3N2C)s/c1=C\c1ccccn1.CCn1c(=O)/c(=C2\Sc3ccccc3N2C)s/c1=C\c1ccc(F)cc1. The third-order valence-corrected chi connectivity index (χ3v) is 13.6. The average molecular weight is 766 g/mol. The topological polar surface area (TPSA) is 63.4 Å². The van der Waals surface area contributed by atoms with E-state index in [4.69, 9.17) is 0 Å². The predicted molar refractivity (Wildman–Crippen MR) is 218 cm³/mol. The maximum Gasteiger partial charge on any atom is 0.271 e. The molecule has 264 valence electrons. The van der Waals surface area contributed by atoms with E-state index >= 15 is 0 Å². The largest absolute Gasteiger partial charge is 0.337 e. The van der Waals surface area contributed by atoms with E-state index in [1.165, 1.54) is 45.3 Å². The van der Waals surface area contributed by atoms with Gasteiger partial charge in [-0.05, 0) is 92.6 Å². The number of hydrogen-bond donors (Lipinski definition) is 0. The highest BCUT2D eigenvalue weighted by atomic mass is 32.2. The summed E-state index contributed by atoms with van der Waals surface area (Å²) in [5.41, 5.74) is 5.33. The molecular formula is C40H36FN5O2S4. The first-order chi connectivity index (χ1) is 25.2. The summed E-state index contributed by atoms with van der Waals surface area (Å²) in [4.78, 5) is 36.9. The number of halogens is 1. The first kappa shape index (κ1) is 35.8. The van der Waals surface area contributed by atoms with Gasteiger partial charge in [0.05, 0.1) is 21.7 Å². The number of aryl methyl sites for hydroxylation is 1. The van der Waals surface area contributed by atoms with Crippen LogP contribution in [0.5, 0.6) is 0 Å². The second-order valence-corrected chi connectivity index (χ2v) is 16.2. The van der Waals surface area contributed by atoms with Crippen LogP contribution in [-0.2, 0) is 13.1 Å². The number of fused-ring (bicyclic) bond motifs is 2. The molecule has 3 aromatic heterocycles. The lowest BCUT2D eigenvalue weighted by molar-refractivity contribution is 0.627. The van der Waals surface area contributed by atoms with E-state index in [1.807, 2.05) is 75.0 Å². The number of thioether (sulfide) groups is 2. The Hall–Kier alpha value is -4.62. The van der Waals surface area contributed by atoms with Gasteiger partial charge in [-0.15, -0.1) is 22.7 Å². The maximum absolute atomic E-state index is 13.1. The van der Waals surface area contributed by atoms with E-state index in [1.54, 1.807) is 46.4 Å². The van der Waals surface area contributed by atoms with E-state index in [2.05, 4.69) is 52.0 Å². The monoisotopic (exact) mass is 765 g/mol. The molecule has 8 rings (SSSR count). The van der Waals surface area contributed by atoms with Crippen molar-refractivity contribution in [1.82, 2.24) is 14.1 Å². The second kappa shape index (κ2) is 15.2. The van der Waals surface area contributed by atoms with Gasteiger partial charge in [0.25, 0.3) is 11.1 Å². The summed E-state index contributed by atoms with van der Waals surface area (Å²) in [5.74, 6) is -0.265. The van der Waals surface area contributed by atoms with Crippen molar-refractivity contribution in [2.24, 2.45) is 0 Å². The highest BCUT2D eigenvalue weighted by Gasteiger charge is 2.25. The lowest BCUT2D eigenvalue weighted by atomic mass is 10.2. The van der Waals surface area contributed by atoms with E-state index in [0.29, 0.717) is 13.1 Å². The quantitative estimate of drug-likeness (QED) is 0.219. The van der Waals surface area contributed by atoms with Crippen molar-refractivity contribution in [3.05, 3.63) is 153 Å². The molecule has 0 fully saturated rings. The Bertz CT molecular complexity index is 2660. The van der Waals surface area contributed by atoms with Gasteiger partial charge in [0.2, 0.25) is 0 Å². The summed E-state index contributed by atoms with van der Waals surface area (Å²) in [6.45, 7) is 7.29. The molecule has 52 heavy (non-hydrogen) atoms. The minimum Gasteiger partial charge on any atom is -0.337 e. The second-order valence-electron chi connectivity index (χ2n) is 12.1. The molecule has 2 aliphatic rings. The average Bonchev–Trinajstić information content (AvgIpc) is 3.85. The number of thiazole rings is 2. The lowest BCUT2D eigenvalue weighted by Gasteiger charge is -2.12. The van der Waals surface area contributed by atoms with Crippen molar-refractivity contribution < 1.29 is 4.39 Å². The van der Waals surface area contributed by atoms with Crippen molar-refractivity contribution in [1.29, 1.82) is 0 Å². The Morgan fingerprint density at radius 2 is 1.27 bits per heavy atom. The molecule has 7 nitrogen and oxygen atoms in total. The first-order valence-corrected chi connectivity index (χ1v) is 20.0. The van der Waals surface area contributed by atoms with E-state index in [-0.39, 0.29) is 16.9 Å². The van der Waals surface area contributed by atoms with Gasteiger partial charge >= 0.3 is 0 Å². The summed E-state index contributed by atoms with van der Waals surface area (Å²) in [6, 6.07) is 26.7. The molecule has 2 aliphatic heterocycles. The Morgan fingerprint density at radius 3 is 1.87 bits per heavy atom. The Kier molecular flexibility index (Phi) is 10.4. The zero-order valence-corrected chi connectivity index (χ0v) is 32.6. The third kappa shape index (κ3) is 6.95. The molecule has 0 aliphatic carbocycles. The minimum atomic E-state index is -0.265. The van der Waals surface area contributed by atoms with Crippen molar-refractivity contribution in [3.63, 3.8) is 0 Å². The molecule has 0 saturated carbocycles. The van der Waals surface area contributed by atoms with Crippen LogP contribution in [0.15, 0.2) is 111 Å². The van der Waals surface area contributed by atoms with Crippen molar-refractivity contribution >= 4 is 79.8 Å². The number of rotatable bonds is 4. The molecule has 0 atom stereocenters. The van der Waals surface area contributed by atoms with Crippen molar-refractivity contribution in [3.8, 4) is 0 Å². The van der Waals surface area contributed by atoms with Crippen LogP contribution in [0.4, 0.5) is 15.8 Å². The smallest absolute Gasteiger partial charge is 0.271 e. The number of anilines is 2. The summed E-state index contributed by atoms with van der Waals surface area (Å²) in [6.07, 6.45) is 5.69. The van der Waals surface area contributed by atoms with Gasteiger partial charge in [-0.3, -0.25) is 23.7 Å². The molecular weight excluding hydrogens is 730 g/mol. The molecule has 0 saturated heterocycles. The molecule has 0 unspecified atom stereocenters. The van der Waals surface area contributed by atoms with Crippen LogP contribution < -0.4 is 39.3 Å². The van der Waals surface area contributed by atoms with E-state index in [9.17, 15) is 14.0 Å². The Balaban J connectivity index is 0.000000162. The molecule has 0 amide bonds. The zero-order chi connectivity index (χ0) is 36.5. The lowest BCUT2D eigenvalue weighted by Crippen LogP contribution is -2.33. The number of aromatic nitrogens is 3.